The molecule has 0 spiro atoms. The van der Waals surface area contributed by atoms with Crippen LogP contribution in [0.2, 0.25) is 0 Å². The molecule has 1 unspecified atom stereocenters. The van der Waals surface area contributed by atoms with E-state index in [-0.39, 0.29) is 6.04 Å². The van der Waals surface area contributed by atoms with Crippen LogP contribution in [0.4, 0.5) is 0 Å². The summed E-state index contributed by atoms with van der Waals surface area (Å²) in [6, 6.07) is 0.0790. The zero-order valence-corrected chi connectivity index (χ0v) is 10.7. The van der Waals surface area contributed by atoms with Crippen molar-refractivity contribution < 1.29 is 4.79 Å². The minimum Gasteiger partial charge on any atom is -0.314 e. The predicted octanol–water partition coefficient (Wildman–Crippen LogP) is 1.17. The molecule has 98 valence electrons. The molecule has 0 N–H and O–H groups in total. The Morgan fingerprint density at radius 1 is 1.17 bits per heavy atom. The third-order valence-electron chi connectivity index (χ3n) is 4.10. The average molecular weight is 248 g/mol. The molecule has 2 aliphatic rings. The molecule has 0 saturated carbocycles. The highest BCUT2D eigenvalue weighted by atomic mass is 16.1. The molecule has 3 heterocycles. The number of piperidine rings is 1. The molecule has 1 fully saturated rings. The first kappa shape index (κ1) is 11.8. The fourth-order valence-corrected chi connectivity index (χ4v) is 3.03. The van der Waals surface area contributed by atoms with E-state index >= 15 is 0 Å². The summed E-state index contributed by atoms with van der Waals surface area (Å²) < 4.78 is 2.25. The van der Waals surface area contributed by atoms with Gasteiger partial charge in [-0.25, -0.2) is 0 Å². The van der Waals surface area contributed by atoms with E-state index in [0.29, 0.717) is 0 Å². The van der Waals surface area contributed by atoms with E-state index in [4.69, 9.17) is 0 Å². The zero-order valence-electron chi connectivity index (χ0n) is 10.7. The number of aromatic nitrogens is 3. The van der Waals surface area contributed by atoms with E-state index in [9.17, 15) is 4.79 Å². The van der Waals surface area contributed by atoms with Gasteiger partial charge in [-0.1, -0.05) is 6.42 Å². The summed E-state index contributed by atoms with van der Waals surface area (Å²) >= 11 is 0. The maximum absolute atomic E-state index is 11.1. The summed E-state index contributed by atoms with van der Waals surface area (Å²) in [4.78, 5) is 13.4. The number of carbonyl (C=O) groups excluding carboxylic acids is 1. The van der Waals surface area contributed by atoms with Crippen molar-refractivity contribution in [3.63, 3.8) is 0 Å². The van der Waals surface area contributed by atoms with Gasteiger partial charge in [0.2, 0.25) is 0 Å². The van der Waals surface area contributed by atoms with Gasteiger partial charge < -0.3 is 9.36 Å². The van der Waals surface area contributed by atoms with Crippen LogP contribution < -0.4 is 0 Å². The Morgan fingerprint density at radius 2 is 2.06 bits per heavy atom. The molecular weight excluding hydrogens is 228 g/mol. The number of aldehydes is 1. The largest absolute Gasteiger partial charge is 0.314 e. The van der Waals surface area contributed by atoms with Gasteiger partial charge in [0.1, 0.15) is 17.9 Å². The number of aryl methyl sites for hydroxylation is 1. The van der Waals surface area contributed by atoms with E-state index in [0.717, 1.165) is 56.8 Å². The molecule has 18 heavy (non-hydrogen) atoms. The summed E-state index contributed by atoms with van der Waals surface area (Å²) in [6.45, 7) is 2.82. The van der Waals surface area contributed by atoms with Crippen LogP contribution in [0.5, 0.6) is 0 Å². The lowest BCUT2D eigenvalue weighted by Gasteiger charge is -2.31. The molecule has 0 aromatic carbocycles. The molecule has 0 bridgehead atoms. The van der Waals surface area contributed by atoms with Crippen molar-refractivity contribution in [3.05, 3.63) is 11.6 Å². The van der Waals surface area contributed by atoms with Gasteiger partial charge in [0.15, 0.2) is 0 Å². The number of fused-ring (bicyclic) bond motifs is 1. The van der Waals surface area contributed by atoms with Crippen LogP contribution >= 0.6 is 0 Å². The fraction of sp³-hybridized carbons (Fsp3) is 0.769. The zero-order chi connectivity index (χ0) is 12.4. The second kappa shape index (κ2) is 5.18. The number of rotatable bonds is 3. The van der Waals surface area contributed by atoms with Gasteiger partial charge in [0.05, 0.1) is 12.6 Å². The smallest absolute Gasteiger partial charge is 0.147 e. The first-order valence-corrected chi connectivity index (χ1v) is 6.99. The second-order valence-electron chi connectivity index (χ2n) is 5.31. The maximum atomic E-state index is 11.1. The van der Waals surface area contributed by atoms with Crippen molar-refractivity contribution in [1.29, 1.82) is 0 Å². The van der Waals surface area contributed by atoms with Crippen LogP contribution in [0, 0.1) is 0 Å². The SMILES string of the molecule is O=CC1CCCCN1Cc1nnc2n1CCCC2. The van der Waals surface area contributed by atoms with Crippen LogP contribution in [0.3, 0.4) is 0 Å². The van der Waals surface area contributed by atoms with Gasteiger partial charge in [-0.05, 0) is 32.2 Å². The van der Waals surface area contributed by atoms with Crippen LogP contribution in [0.1, 0.15) is 43.8 Å². The molecule has 5 heteroatoms. The van der Waals surface area contributed by atoms with E-state index in [2.05, 4.69) is 19.7 Å². The topological polar surface area (TPSA) is 51.0 Å². The van der Waals surface area contributed by atoms with Crippen molar-refractivity contribution in [2.24, 2.45) is 0 Å². The number of carbonyl (C=O) groups is 1. The van der Waals surface area contributed by atoms with Gasteiger partial charge in [0, 0.05) is 13.0 Å². The molecule has 1 saturated heterocycles. The molecule has 3 rings (SSSR count). The van der Waals surface area contributed by atoms with Crippen LogP contribution in [0.15, 0.2) is 0 Å². The van der Waals surface area contributed by atoms with Crippen molar-refractivity contribution in [3.8, 4) is 0 Å². The number of hydrogen-bond acceptors (Lipinski definition) is 4. The van der Waals surface area contributed by atoms with Gasteiger partial charge in [-0.3, -0.25) is 4.90 Å². The van der Waals surface area contributed by atoms with Crippen LogP contribution in [-0.2, 0) is 24.3 Å². The molecule has 1 aromatic heterocycles. The third-order valence-corrected chi connectivity index (χ3v) is 4.10. The Balaban J connectivity index is 1.75. The number of hydrogen-bond donors (Lipinski definition) is 0. The van der Waals surface area contributed by atoms with E-state index in [1.807, 2.05) is 0 Å². The molecule has 1 atom stereocenters. The van der Waals surface area contributed by atoms with E-state index < -0.39 is 0 Å². The van der Waals surface area contributed by atoms with Crippen molar-refractivity contribution in [1.82, 2.24) is 19.7 Å². The van der Waals surface area contributed by atoms with Crippen molar-refractivity contribution in [2.45, 2.75) is 57.7 Å². The lowest BCUT2D eigenvalue weighted by molar-refractivity contribution is -0.113. The third kappa shape index (κ3) is 2.19. The van der Waals surface area contributed by atoms with Gasteiger partial charge in [0.25, 0.3) is 0 Å². The van der Waals surface area contributed by atoms with Gasteiger partial charge >= 0.3 is 0 Å². The van der Waals surface area contributed by atoms with Gasteiger partial charge in [-0.2, -0.15) is 0 Å². The van der Waals surface area contributed by atoms with E-state index in [1.165, 1.54) is 19.3 Å². The Hall–Kier alpha value is -1.23. The van der Waals surface area contributed by atoms with Crippen molar-refractivity contribution >= 4 is 6.29 Å². The molecule has 2 aliphatic heterocycles. The first-order valence-electron chi connectivity index (χ1n) is 6.99. The van der Waals surface area contributed by atoms with Crippen molar-refractivity contribution in [2.75, 3.05) is 6.54 Å². The Bertz CT molecular complexity index is 429. The highest BCUT2D eigenvalue weighted by molar-refractivity contribution is 5.57. The van der Waals surface area contributed by atoms with E-state index in [1.54, 1.807) is 0 Å². The quantitative estimate of drug-likeness (QED) is 0.753. The Morgan fingerprint density at radius 3 is 2.94 bits per heavy atom. The minimum absolute atomic E-state index is 0.0790. The summed E-state index contributed by atoms with van der Waals surface area (Å²) in [5.41, 5.74) is 0. The summed E-state index contributed by atoms with van der Waals surface area (Å²) in [5, 5.41) is 8.59. The molecule has 0 amide bonds. The van der Waals surface area contributed by atoms with Gasteiger partial charge in [-0.15, -0.1) is 10.2 Å². The van der Waals surface area contributed by atoms with Crippen LogP contribution in [-0.4, -0.2) is 38.5 Å². The fourth-order valence-electron chi connectivity index (χ4n) is 3.03. The first-order chi connectivity index (χ1) is 8.88. The molecule has 1 aromatic rings. The number of likely N-dealkylation sites (tertiary alicyclic amines) is 1. The Labute approximate surface area is 107 Å². The average Bonchev–Trinajstić information content (AvgIpc) is 2.83. The normalized spacial score (nSPS) is 24.8. The lowest BCUT2D eigenvalue weighted by atomic mass is 10.0. The monoisotopic (exact) mass is 248 g/mol. The highest BCUT2D eigenvalue weighted by Gasteiger charge is 2.24. The minimum atomic E-state index is 0.0790. The Kier molecular flexibility index (Phi) is 3.41. The molecule has 0 radical (unpaired) electrons. The highest BCUT2D eigenvalue weighted by Crippen LogP contribution is 2.20. The standard InChI is InChI=1S/C13H20N4O/c18-10-11-5-1-3-7-16(11)9-13-15-14-12-6-2-4-8-17(12)13/h10-11H,1-9H2. The molecule has 0 aliphatic carbocycles. The van der Waals surface area contributed by atoms with Crippen LogP contribution in [0.25, 0.3) is 0 Å². The molecular formula is C13H20N4O. The molecule has 5 nitrogen and oxygen atoms in total. The maximum Gasteiger partial charge on any atom is 0.147 e. The summed E-state index contributed by atoms with van der Waals surface area (Å²) in [6.07, 6.45) is 7.92. The summed E-state index contributed by atoms with van der Waals surface area (Å²) in [5.74, 6) is 2.16. The predicted molar refractivity (Wildman–Crippen MR) is 67.1 cm³/mol. The second-order valence-corrected chi connectivity index (χ2v) is 5.31. The number of nitrogens with zero attached hydrogens (tertiary/aromatic N) is 4. The lowest BCUT2D eigenvalue weighted by Crippen LogP contribution is -2.40. The summed E-state index contributed by atoms with van der Waals surface area (Å²) in [7, 11) is 0.